The molecule has 4 nitrogen and oxygen atoms in total. The topological polar surface area (TPSA) is 64.9 Å². The molecule has 1 saturated carbocycles. The lowest BCUT2D eigenvalue weighted by Gasteiger charge is -2.29. The van der Waals surface area contributed by atoms with Gasteiger partial charge in [0.2, 0.25) is 0 Å². The Balaban J connectivity index is 1.91. The van der Waals surface area contributed by atoms with Crippen LogP contribution >= 0.6 is 0 Å². The predicted molar refractivity (Wildman–Crippen MR) is 68.6 cm³/mol. The molecule has 1 fully saturated rings. The van der Waals surface area contributed by atoms with Crippen molar-refractivity contribution in [3.05, 3.63) is 35.7 Å². The molecule has 0 aliphatic heterocycles. The van der Waals surface area contributed by atoms with Crippen LogP contribution in [0.25, 0.3) is 11.5 Å². The second-order valence-corrected chi connectivity index (χ2v) is 5.27. The highest BCUT2D eigenvalue weighted by Crippen LogP contribution is 2.34. The average molecular weight is 279 g/mol. The van der Waals surface area contributed by atoms with Gasteiger partial charge in [0.15, 0.2) is 17.5 Å². The Morgan fingerprint density at radius 1 is 1.10 bits per heavy atom. The lowest BCUT2D eigenvalue weighted by Crippen LogP contribution is -2.39. The molecule has 1 aromatic heterocycles. The van der Waals surface area contributed by atoms with Gasteiger partial charge in [-0.25, -0.2) is 8.78 Å². The number of nitrogens with zero attached hydrogens (tertiary/aromatic N) is 2. The molecule has 0 atom stereocenters. The molecule has 2 aromatic rings. The van der Waals surface area contributed by atoms with Gasteiger partial charge in [-0.3, -0.25) is 0 Å². The van der Waals surface area contributed by atoms with Gasteiger partial charge < -0.3 is 10.3 Å². The zero-order valence-electron chi connectivity index (χ0n) is 10.9. The standard InChI is InChI=1S/C14H15F2N3O/c15-10-5-4-9(8-11(10)16)12-18-13(19-20-12)14(17)6-2-1-3-7-14/h4-5,8H,1-3,6-7,17H2. The Kier molecular flexibility index (Phi) is 3.25. The molecular weight excluding hydrogens is 264 g/mol. The van der Waals surface area contributed by atoms with Crippen LogP contribution in [-0.2, 0) is 5.54 Å². The Bertz CT molecular complexity index is 621. The molecular formula is C14H15F2N3O. The van der Waals surface area contributed by atoms with E-state index in [1.54, 1.807) is 0 Å². The first-order valence-corrected chi connectivity index (χ1v) is 6.67. The minimum Gasteiger partial charge on any atom is -0.334 e. The first kappa shape index (κ1) is 13.2. The van der Waals surface area contributed by atoms with Crippen LogP contribution in [0.3, 0.4) is 0 Å². The molecule has 0 saturated heterocycles. The minimum atomic E-state index is -0.942. The van der Waals surface area contributed by atoms with Crippen LogP contribution in [0.4, 0.5) is 8.78 Å². The third-order valence-corrected chi connectivity index (χ3v) is 3.78. The van der Waals surface area contributed by atoms with Crippen molar-refractivity contribution in [1.82, 2.24) is 10.1 Å². The van der Waals surface area contributed by atoms with E-state index in [0.717, 1.165) is 44.2 Å². The molecule has 1 aliphatic carbocycles. The largest absolute Gasteiger partial charge is 0.334 e. The molecule has 0 bridgehead atoms. The molecule has 1 heterocycles. The molecule has 0 radical (unpaired) electrons. The van der Waals surface area contributed by atoms with Gasteiger partial charge in [0, 0.05) is 5.56 Å². The van der Waals surface area contributed by atoms with Gasteiger partial charge in [-0.2, -0.15) is 4.98 Å². The van der Waals surface area contributed by atoms with Crippen LogP contribution in [0.15, 0.2) is 22.7 Å². The maximum absolute atomic E-state index is 13.2. The fourth-order valence-electron chi connectivity index (χ4n) is 2.58. The summed E-state index contributed by atoms with van der Waals surface area (Å²) >= 11 is 0. The monoisotopic (exact) mass is 279 g/mol. The first-order chi connectivity index (χ1) is 9.58. The van der Waals surface area contributed by atoms with Gasteiger partial charge in [0.05, 0.1) is 5.54 Å². The Hall–Kier alpha value is -1.82. The average Bonchev–Trinajstić information content (AvgIpc) is 2.93. The van der Waals surface area contributed by atoms with Gasteiger partial charge >= 0.3 is 0 Å². The van der Waals surface area contributed by atoms with Crippen molar-refractivity contribution in [3.63, 3.8) is 0 Å². The van der Waals surface area contributed by atoms with E-state index in [1.165, 1.54) is 6.07 Å². The second kappa shape index (κ2) is 4.94. The van der Waals surface area contributed by atoms with Crippen LogP contribution in [0.2, 0.25) is 0 Å². The van der Waals surface area contributed by atoms with E-state index in [1.807, 2.05) is 0 Å². The molecule has 0 spiro atoms. The molecule has 3 rings (SSSR count). The van der Waals surface area contributed by atoms with Crippen LogP contribution in [0, 0.1) is 11.6 Å². The van der Waals surface area contributed by atoms with Gasteiger partial charge in [-0.05, 0) is 31.0 Å². The van der Waals surface area contributed by atoms with Crippen LogP contribution in [-0.4, -0.2) is 10.1 Å². The van der Waals surface area contributed by atoms with Crippen molar-refractivity contribution in [2.75, 3.05) is 0 Å². The molecule has 0 unspecified atom stereocenters. The van der Waals surface area contributed by atoms with E-state index >= 15 is 0 Å². The molecule has 0 amide bonds. The lowest BCUT2D eigenvalue weighted by atomic mass is 9.82. The highest BCUT2D eigenvalue weighted by Gasteiger charge is 2.34. The van der Waals surface area contributed by atoms with E-state index < -0.39 is 17.2 Å². The van der Waals surface area contributed by atoms with E-state index in [-0.39, 0.29) is 5.89 Å². The Morgan fingerprint density at radius 3 is 2.55 bits per heavy atom. The number of rotatable bonds is 2. The normalized spacial score (nSPS) is 18.1. The smallest absolute Gasteiger partial charge is 0.258 e. The van der Waals surface area contributed by atoms with Crippen molar-refractivity contribution in [2.45, 2.75) is 37.6 Å². The molecule has 6 heteroatoms. The van der Waals surface area contributed by atoms with E-state index in [0.29, 0.717) is 11.4 Å². The highest BCUT2D eigenvalue weighted by molar-refractivity contribution is 5.52. The maximum atomic E-state index is 13.2. The van der Waals surface area contributed by atoms with Crippen LogP contribution < -0.4 is 5.73 Å². The third-order valence-electron chi connectivity index (χ3n) is 3.78. The van der Waals surface area contributed by atoms with E-state index in [2.05, 4.69) is 10.1 Å². The van der Waals surface area contributed by atoms with Crippen molar-refractivity contribution < 1.29 is 13.3 Å². The molecule has 106 valence electrons. The summed E-state index contributed by atoms with van der Waals surface area (Å²) in [7, 11) is 0. The number of hydrogen-bond donors (Lipinski definition) is 1. The van der Waals surface area contributed by atoms with Gasteiger partial charge in [0.25, 0.3) is 5.89 Å². The van der Waals surface area contributed by atoms with Crippen molar-refractivity contribution >= 4 is 0 Å². The zero-order valence-corrected chi connectivity index (χ0v) is 10.9. The van der Waals surface area contributed by atoms with Crippen molar-refractivity contribution in [1.29, 1.82) is 0 Å². The number of halogens is 2. The number of aromatic nitrogens is 2. The number of benzene rings is 1. The zero-order chi connectivity index (χ0) is 14.2. The summed E-state index contributed by atoms with van der Waals surface area (Å²) < 4.78 is 31.3. The summed E-state index contributed by atoms with van der Waals surface area (Å²) in [4.78, 5) is 4.25. The Labute approximate surface area is 115 Å². The Morgan fingerprint density at radius 2 is 1.85 bits per heavy atom. The van der Waals surface area contributed by atoms with Crippen molar-refractivity contribution in [3.8, 4) is 11.5 Å². The fourth-order valence-corrected chi connectivity index (χ4v) is 2.58. The molecule has 2 N–H and O–H groups in total. The van der Waals surface area contributed by atoms with Gasteiger partial charge in [-0.15, -0.1) is 0 Å². The quantitative estimate of drug-likeness (QED) is 0.917. The highest BCUT2D eigenvalue weighted by atomic mass is 19.2. The summed E-state index contributed by atoms with van der Waals surface area (Å²) in [6.45, 7) is 0. The molecule has 1 aromatic carbocycles. The van der Waals surface area contributed by atoms with Gasteiger partial charge in [-0.1, -0.05) is 24.4 Å². The molecule has 1 aliphatic rings. The van der Waals surface area contributed by atoms with E-state index in [9.17, 15) is 8.78 Å². The summed E-state index contributed by atoms with van der Waals surface area (Å²) in [5.41, 5.74) is 6.08. The number of hydrogen-bond acceptors (Lipinski definition) is 4. The predicted octanol–water partition coefficient (Wildman–Crippen LogP) is 3.13. The molecule has 20 heavy (non-hydrogen) atoms. The fraction of sp³-hybridized carbons (Fsp3) is 0.429. The lowest BCUT2D eigenvalue weighted by molar-refractivity contribution is 0.275. The maximum Gasteiger partial charge on any atom is 0.258 e. The van der Waals surface area contributed by atoms with Crippen LogP contribution in [0.5, 0.6) is 0 Å². The third kappa shape index (κ3) is 2.31. The van der Waals surface area contributed by atoms with Crippen molar-refractivity contribution in [2.24, 2.45) is 5.73 Å². The minimum absolute atomic E-state index is 0.161. The SMILES string of the molecule is NC1(c2noc(-c3ccc(F)c(F)c3)n2)CCCCC1. The second-order valence-electron chi connectivity index (χ2n) is 5.27. The van der Waals surface area contributed by atoms with Gasteiger partial charge in [0.1, 0.15) is 0 Å². The van der Waals surface area contributed by atoms with Crippen LogP contribution in [0.1, 0.15) is 37.9 Å². The number of nitrogens with two attached hydrogens (primary N) is 1. The van der Waals surface area contributed by atoms with E-state index in [4.69, 9.17) is 10.3 Å². The summed E-state index contributed by atoms with van der Waals surface area (Å²) in [6.07, 6.45) is 4.84. The summed E-state index contributed by atoms with van der Waals surface area (Å²) in [5, 5.41) is 3.91. The first-order valence-electron chi connectivity index (χ1n) is 6.67. The summed E-state index contributed by atoms with van der Waals surface area (Å²) in [6, 6.07) is 3.48. The summed E-state index contributed by atoms with van der Waals surface area (Å²) in [5.74, 6) is -1.25.